The number of aliphatic carboxylic acids is 1. The summed E-state index contributed by atoms with van der Waals surface area (Å²) in [5.74, 6) is -18.2. The maximum atomic E-state index is 14.5. The summed E-state index contributed by atoms with van der Waals surface area (Å²) in [5.41, 5.74) is 5.12. The Bertz CT molecular complexity index is 2730. The Balaban J connectivity index is 0.00000405. The molecule has 1 aliphatic heterocycles. The highest BCUT2D eigenvalue weighted by molar-refractivity contribution is 6.00. The molecule has 1 saturated heterocycles. The molecule has 1 aromatic rings. The summed E-state index contributed by atoms with van der Waals surface area (Å²) in [5, 5.41) is 45.0. The number of carboxylic acids is 1. The molecule has 11 N–H and O–H groups in total. The van der Waals surface area contributed by atoms with Gasteiger partial charge in [0.2, 0.25) is 41.4 Å². The van der Waals surface area contributed by atoms with Gasteiger partial charge in [-0.3, -0.25) is 52.7 Å². The SMILES string of the molecule is CC[C@H](Cc1ccccc1)C(=O)N[C@H](C(=O)C[C@@H](CO)C(=O)N[C@H](CCC(N)=O)C(=O)C[C@@H](C(=O)N[C@H](C(=O)C[C@@H](CO)C(=O)N[C@H]1C(=O)C[C@@H](C)C(=O)NC2(CCCCCC2)C(=O)N[C@@H]([C@@H](C)CC)C(=O)O[C@H]1C)[C@@H](C)CC)[C@@H](C)CC)[C@@H](C)CC.O=C(O)C(F)(F)F. The number of primary amides is 1. The highest BCUT2D eigenvalue weighted by atomic mass is 19.4. The first-order valence-electron chi connectivity index (χ1n) is 33.1. The minimum atomic E-state index is -5.08. The van der Waals surface area contributed by atoms with Gasteiger partial charge in [0, 0.05) is 49.9 Å². The van der Waals surface area contributed by atoms with Gasteiger partial charge in [-0.1, -0.05) is 151 Å². The highest BCUT2D eigenvalue weighted by Gasteiger charge is 2.46. The van der Waals surface area contributed by atoms with Gasteiger partial charge in [-0.2, -0.15) is 13.2 Å². The van der Waals surface area contributed by atoms with Crippen LogP contribution in [0.25, 0.3) is 0 Å². The molecule has 94 heavy (non-hydrogen) atoms. The van der Waals surface area contributed by atoms with Crippen LogP contribution < -0.4 is 37.6 Å². The molecule has 7 amide bonds. The fourth-order valence-corrected chi connectivity index (χ4v) is 11.3. The zero-order chi connectivity index (χ0) is 71.4. The number of halogens is 3. The van der Waals surface area contributed by atoms with Gasteiger partial charge in [-0.05, 0) is 68.3 Å². The second-order valence-corrected chi connectivity index (χ2v) is 25.7. The number of Topliss-reactive ketones (excluding diaryl/α,β-unsaturated/α-hetero) is 4. The fourth-order valence-electron chi connectivity index (χ4n) is 11.3. The van der Waals surface area contributed by atoms with Crippen LogP contribution in [-0.4, -0.2) is 153 Å². The van der Waals surface area contributed by atoms with Crippen molar-refractivity contribution < 1.29 is 95.6 Å². The summed E-state index contributed by atoms with van der Waals surface area (Å²) in [4.78, 5) is 177. The average Bonchev–Trinajstić information content (AvgIpc) is 1.41. The molecule has 530 valence electrons. The molecule has 0 aromatic heterocycles. The van der Waals surface area contributed by atoms with E-state index >= 15 is 0 Å². The maximum absolute atomic E-state index is 14.5. The Labute approximate surface area is 549 Å². The Kier molecular flexibility index (Phi) is 35.5. The number of nitrogens with two attached hydrogens (primary N) is 1. The third-order valence-electron chi connectivity index (χ3n) is 18.6. The van der Waals surface area contributed by atoms with Gasteiger partial charge < -0.3 is 57.7 Å². The van der Waals surface area contributed by atoms with E-state index in [-0.39, 0.29) is 24.7 Å². The van der Waals surface area contributed by atoms with E-state index in [1.165, 1.54) is 13.8 Å². The third kappa shape index (κ3) is 25.9. The first-order valence-corrected chi connectivity index (χ1v) is 33.1. The number of aliphatic hydroxyl groups excluding tert-OH is 2. The van der Waals surface area contributed by atoms with Crippen molar-refractivity contribution in [2.75, 3.05) is 13.2 Å². The molecular formula is C67H104F3N7O17. The smallest absolute Gasteiger partial charge is 0.475 e. The second-order valence-electron chi connectivity index (χ2n) is 25.7. The topological polar surface area (TPSA) is 390 Å². The van der Waals surface area contributed by atoms with Gasteiger partial charge in [0.05, 0.1) is 43.2 Å². The van der Waals surface area contributed by atoms with Crippen LogP contribution in [0.2, 0.25) is 0 Å². The van der Waals surface area contributed by atoms with E-state index in [9.17, 15) is 80.9 Å². The number of hydrogen-bond donors (Lipinski definition) is 10. The third-order valence-corrected chi connectivity index (χ3v) is 18.6. The van der Waals surface area contributed by atoms with Crippen molar-refractivity contribution in [1.29, 1.82) is 0 Å². The first kappa shape index (κ1) is 82.9. The largest absolute Gasteiger partial charge is 0.490 e. The lowest BCUT2D eigenvalue weighted by atomic mass is 9.83. The van der Waals surface area contributed by atoms with Crippen LogP contribution in [0.3, 0.4) is 0 Å². The molecule has 0 radical (unpaired) electrons. The van der Waals surface area contributed by atoms with Crippen LogP contribution >= 0.6 is 0 Å². The number of rotatable bonds is 33. The number of aliphatic hydroxyl groups is 2. The van der Waals surface area contributed by atoms with Gasteiger partial charge in [0.1, 0.15) is 23.7 Å². The van der Waals surface area contributed by atoms with E-state index in [1.54, 1.807) is 41.5 Å². The molecule has 2 fully saturated rings. The number of ketones is 4. The maximum Gasteiger partial charge on any atom is 0.490 e. The minimum Gasteiger partial charge on any atom is -0.475 e. The molecule has 1 saturated carbocycles. The number of amides is 7. The summed E-state index contributed by atoms with van der Waals surface area (Å²) in [7, 11) is 0. The first-order chi connectivity index (χ1) is 44.1. The Morgan fingerprint density at radius 1 is 0.670 bits per heavy atom. The van der Waals surface area contributed by atoms with Crippen LogP contribution in [0, 0.1) is 53.3 Å². The monoisotopic (exact) mass is 1340 g/mol. The molecule has 15 atom stereocenters. The predicted molar refractivity (Wildman–Crippen MR) is 340 cm³/mol. The molecule has 1 aromatic carbocycles. The van der Waals surface area contributed by atoms with Gasteiger partial charge >= 0.3 is 18.1 Å². The van der Waals surface area contributed by atoms with Crippen LogP contribution in [0.4, 0.5) is 13.2 Å². The number of nitrogens with one attached hydrogen (secondary N) is 6. The van der Waals surface area contributed by atoms with Gasteiger partial charge in [-0.15, -0.1) is 0 Å². The lowest BCUT2D eigenvalue weighted by molar-refractivity contribution is -0.192. The number of carbonyl (C=O) groups is 13. The Morgan fingerprint density at radius 3 is 1.64 bits per heavy atom. The normalized spacial score (nSPS) is 21.4. The molecule has 0 bridgehead atoms. The summed E-state index contributed by atoms with van der Waals surface area (Å²) in [6.45, 7) is 17.3. The number of benzene rings is 1. The molecule has 0 unspecified atom stereocenters. The Hall–Kier alpha value is -7.16. The molecule has 2 aliphatic rings. The average molecular weight is 1340 g/mol. The number of hydrogen-bond acceptors (Lipinski definition) is 16. The van der Waals surface area contributed by atoms with E-state index in [0.29, 0.717) is 64.2 Å². The lowest BCUT2D eigenvalue weighted by Crippen LogP contribution is -2.62. The van der Waals surface area contributed by atoms with Crippen molar-refractivity contribution in [3.8, 4) is 0 Å². The summed E-state index contributed by atoms with van der Waals surface area (Å²) in [6, 6.07) is 3.02. The number of alkyl halides is 3. The molecule has 1 aliphatic carbocycles. The van der Waals surface area contributed by atoms with Gasteiger partial charge in [0.15, 0.2) is 23.1 Å². The molecule has 3 rings (SSSR count). The highest BCUT2D eigenvalue weighted by Crippen LogP contribution is 2.31. The quantitative estimate of drug-likeness (QED) is 0.0403. The van der Waals surface area contributed by atoms with Crippen LogP contribution in [-0.2, 0) is 73.5 Å². The lowest BCUT2D eigenvalue weighted by Gasteiger charge is -2.35. The van der Waals surface area contributed by atoms with Crippen molar-refractivity contribution >= 4 is 76.4 Å². The zero-order valence-corrected chi connectivity index (χ0v) is 56.5. The molecule has 24 nitrogen and oxygen atoms in total. The minimum absolute atomic E-state index is 0.287. The van der Waals surface area contributed by atoms with E-state index in [2.05, 4.69) is 31.9 Å². The summed E-state index contributed by atoms with van der Waals surface area (Å²) >= 11 is 0. The second kappa shape index (κ2) is 40.3. The zero-order valence-electron chi connectivity index (χ0n) is 56.5. The standard InChI is InChI=1S/C65H103N7O15.C2HF3O2/c1-12-37(6)47(34-49(75)48(26-27-53(66)79)67-60(82)45(35-73)32-51(77)54(38(7)13-2)68-59(81)44(16-5)31-43-24-20-19-21-25-43)62(84)69-55(39(8)14-3)52(78)33-46(36-74)61(83)70-57-42(11)87-63(85)56(40(9)15-4)71-64(86)65(28-22-17-18-23-29-65)72-58(80)41(10)30-50(57)76;3-2(4,5)1(6)7/h19-21,24-25,37-42,44-48,54-57,73-74H,12-18,22-23,26-36H2,1-11H3,(H2,66,79)(H,67,82)(H,68,81)(H,69,84)(H,70,83)(H,71,86)(H,72,80);(H,6,7)/t37-,38-,39-,40-,41+,42-,44+,45-,46-,47+,48+,54-,55-,56-,57+;/m0./s1. The van der Waals surface area contributed by atoms with Crippen molar-refractivity contribution in [3.05, 3.63) is 35.9 Å². The van der Waals surface area contributed by atoms with Gasteiger partial charge in [0.25, 0.3) is 0 Å². The number of carboxylic acid groups (broad SMARTS) is 1. The van der Waals surface area contributed by atoms with Crippen molar-refractivity contribution in [2.24, 2.45) is 59.0 Å². The number of esters is 1. The van der Waals surface area contributed by atoms with Crippen LogP contribution in [0.1, 0.15) is 191 Å². The molecule has 27 heteroatoms. The van der Waals surface area contributed by atoms with E-state index in [0.717, 1.165) is 18.4 Å². The molecular weight excluding hydrogens is 1230 g/mol. The van der Waals surface area contributed by atoms with Crippen molar-refractivity contribution in [2.45, 2.75) is 240 Å². The number of carbonyl (C=O) groups excluding carboxylic acids is 12. The van der Waals surface area contributed by atoms with E-state index in [1.807, 2.05) is 51.1 Å². The van der Waals surface area contributed by atoms with E-state index < -0.39 is 205 Å². The molecule has 1 spiro atoms. The molecule has 1 heterocycles. The summed E-state index contributed by atoms with van der Waals surface area (Å²) < 4.78 is 37.6. The van der Waals surface area contributed by atoms with Gasteiger partial charge in [-0.25, -0.2) is 9.59 Å². The summed E-state index contributed by atoms with van der Waals surface area (Å²) in [6.07, 6.45) is -2.92. The number of cyclic esters (lactones) is 1. The predicted octanol–water partition coefficient (Wildman–Crippen LogP) is 5.22. The van der Waals surface area contributed by atoms with Crippen molar-refractivity contribution in [1.82, 2.24) is 31.9 Å². The van der Waals surface area contributed by atoms with Crippen LogP contribution in [0.15, 0.2) is 30.3 Å². The van der Waals surface area contributed by atoms with E-state index in [4.69, 9.17) is 20.4 Å². The van der Waals surface area contributed by atoms with Crippen molar-refractivity contribution in [3.63, 3.8) is 0 Å². The number of ether oxygens (including phenoxy) is 1. The Morgan fingerprint density at radius 2 is 1.17 bits per heavy atom. The fraction of sp³-hybridized carbons (Fsp3) is 0.716. The van der Waals surface area contributed by atoms with Crippen LogP contribution in [0.5, 0.6) is 0 Å².